The van der Waals surface area contributed by atoms with Crippen molar-refractivity contribution in [2.24, 2.45) is 5.73 Å². The van der Waals surface area contributed by atoms with Gasteiger partial charge in [-0.3, -0.25) is 4.79 Å². The molecule has 1 amide bonds. The summed E-state index contributed by atoms with van der Waals surface area (Å²) in [6.45, 7) is 3.86. The molecule has 1 aromatic heterocycles. The number of fused-ring (bicyclic) bond motifs is 1. The molecule has 6 heteroatoms. The van der Waals surface area contributed by atoms with Crippen molar-refractivity contribution < 1.29 is 4.79 Å². The summed E-state index contributed by atoms with van der Waals surface area (Å²) < 4.78 is 1.09. The minimum absolute atomic E-state index is 0.173. The summed E-state index contributed by atoms with van der Waals surface area (Å²) in [6, 6.07) is 5.28. The summed E-state index contributed by atoms with van der Waals surface area (Å²) in [6.07, 6.45) is 2.48. The number of aromatic nitrogens is 1. The van der Waals surface area contributed by atoms with Gasteiger partial charge in [-0.2, -0.15) is 0 Å². The number of rotatable bonds is 3. The van der Waals surface area contributed by atoms with E-state index in [0.29, 0.717) is 0 Å². The van der Waals surface area contributed by atoms with Crippen LogP contribution in [0.15, 0.2) is 18.2 Å². The molecule has 3 N–H and O–H groups in total. The van der Waals surface area contributed by atoms with E-state index in [1.165, 1.54) is 12.8 Å². The number of hydrogen-bond acceptors (Lipinski definition) is 5. The Morgan fingerprint density at radius 3 is 2.90 bits per heavy atom. The monoisotopic (exact) mass is 290 g/mol. The highest BCUT2D eigenvalue weighted by Crippen LogP contribution is 2.32. The van der Waals surface area contributed by atoms with Gasteiger partial charge in [-0.05, 0) is 38.0 Å². The fourth-order valence-corrected chi connectivity index (χ4v) is 3.35. The predicted octanol–water partition coefficient (Wildman–Crippen LogP) is 2.18. The van der Waals surface area contributed by atoms with Gasteiger partial charge < -0.3 is 16.0 Å². The summed E-state index contributed by atoms with van der Waals surface area (Å²) >= 11 is 1.68. The molecule has 1 aromatic carbocycles. The van der Waals surface area contributed by atoms with Crippen LogP contribution in [0.3, 0.4) is 0 Å². The number of carbonyl (C=O) groups is 1. The SMILES string of the molecule is C[C@@H](N)C(=O)Nc1ccc2nc(N3CCCC3)sc2c1. The van der Waals surface area contributed by atoms with E-state index in [4.69, 9.17) is 5.73 Å². The largest absolute Gasteiger partial charge is 0.348 e. The number of benzene rings is 1. The zero-order valence-electron chi connectivity index (χ0n) is 11.4. The van der Waals surface area contributed by atoms with Crippen molar-refractivity contribution in [3.05, 3.63) is 18.2 Å². The summed E-state index contributed by atoms with van der Waals surface area (Å²) in [7, 11) is 0. The standard InChI is InChI=1S/C14H18N4OS/c1-9(15)13(19)16-10-4-5-11-12(8-10)20-14(17-11)18-6-2-3-7-18/h4-5,8-9H,2-3,6-7,15H2,1H3,(H,16,19)/t9-/m1/s1. The molecular weight excluding hydrogens is 272 g/mol. The van der Waals surface area contributed by atoms with Gasteiger partial charge in [-0.15, -0.1) is 0 Å². The molecule has 0 saturated carbocycles. The molecule has 0 unspecified atom stereocenters. The third-order valence-electron chi connectivity index (χ3n) is 3.43. The molecule has 106 valence electrons. The van der Waals surface area contributed by atoms with Gasteiger partial charge >= 0.3 is 0 Å². The lowest BCUT2D eigenvalue weighted by Crippen LogP contribution is -2.32. The van der Waals surface area contributed by atoms with E-state index >= 15 is 0 Å². The predicted molar refractivity (Wildman–Crippen MR) is 83.3 cm³/mol. The van der Waals surface area contributed by atoms with Crippen molar-refractivity contribution in [1.29, 1.82) is 0 Å². The van der Waals surface area contributed by atoms with Crippen molar-refractivity contribution >= 4 is 38.3 Å². The zero-order chi connectivity index (χ0) is 14.1. The number of thiazole rings is 1. The average Bonchev–Trinajstić information content (AvgIpc) is 3.06. The van der Waals surface area contributed by atoms with E-state index < -0.39 is 6.04 Å². The highest BCUT2D eigenvalue weighted by molar-refractivity contribution is 7.22. The summed E-state index contributed by atoms with van der Waals surface area (Å²) in [5, 5.41) is 3.89. The molecule has 20 heavy (non-hydrogen) atoms. The average molecular weight is 290 g/mol. The van der Waals surface area contributed by atoms with Crippen LogP contribution in [0.2, 0.25) is 0 Å². The van der Waals surface area contributed by atoms with Crippen LogP contribution in [-0.4, -0.2) is 30.0 Å². The molecule has 1 fully saturated rings. The Bertz CT molecular complexity index is 631. The van der Waals surface area contributed by atoms with Crippen LogP contribution < -0.4 is 16.0 Å². The third-order valence-corrected chi connectivity index (χ3v) is 4.51. The Morgan fingerprint density at radius 2 is 2.20 bits per heavy atom. The summed E-state index contributed by atoms with van der Waals surface area (Å²) in [5.41, 5.74) is 7.31. The highest BCUT2D eigenvalue weighted by Gasteiger charge is 2.16. The number of nitrogens with one attached hydrogen (secondary N) is 1. The molecule has 0 spiro atoms. The van der Waals surface area contributed by atoms with E-state index in [0.717, 1.165) is 34.1 Å². The summed E-state index contributed by atoms with van der Waals surface area (Å²) in [5.74, 6) is -0.173. The maximum absolute atomic E-state index is 11.6. The van der Waals surface area contributed by atoms with Crippen molar-refractivity contribution in [2.75, 3.05) is 23.3 Å². The van der Waals surface area contributed by atoms with Gasteiger partial charge in [0.2, 0.25) is 5.91 Å². The van der Waals surface area contributed by atoms with Crippen molar-refractivity contribution in [3.8, 4) is 0 Å². The number of carbonyl (C=O) groups excluding carboxylic acids is 1. The molecular formula is C14H18N4OS. The maximum atomic E-state index is 11.6. The van der Waals surface area contributed by atoms with Gasteiger partial charge in [0, 0.05) is 18.8 Å². The molecule has 5 nitrogen and oxygen atoms in total. The van der Waals surface area contributed by atoms with Crippen molar-refractivity contribution in [3.63, 3.8) is 0 Å². The Balaban J connectivity index is 1.85. The molecule has 1 saturated heterocycles. The van der Waals surface area contributed by atoms with Crippen LogP contribution in [0.5, 0.6) is 0 Å². The van der Waals surface area contributed by atoms with Gasteiger partial charge in [0.05, 0.1) is 16.3 Å². The zero-order valence-corrected chi connectivity index (χ0v) is 12.2. The van der Waals surface area contributed by atoms with E-state index in [-0.39, 0.29) is 5.91 Å². The van der Waals surface area contributed by atoms with E-state index in [1.54, 1.807) is 18.3 Å². The van der Waals surface area contributed by atoms with Gasteiger partial charge in [0.1, 0.15) is 0 Å². The molecule has 0 radical (unpaired) electrons. The Hall–Kier alpha value is -1.66. The second kappa shape index (κ2) is 5.38. The lowest BCUT2D eigenvalue weighted by molar-refractivity contribution is -0.117. The highest BCUT2D eigenvalue weighted by atomic mass is 32.1. The van der Waals surface area contributed by atoms with Gasteiger partial charge in [0.25, 0.3) is 0 Å². The van der Waals surface area contributed by atoms with E-state index in [1.807, 2.05) is 18.2 Å². The molecule has 1 aliphatic heterocycles. The minimum Gasteiger partial charge on any atom is -0.348 e. The number of hydrogen-bond donors (Lipinski definition) is 2. The molecule has 2 heterocycles. The maximum Gasteiger partial charge on any atom is 0.240 e. The van der Waals surface area contributed by atoms with Crippen LogP contribution in [0, 0.1) is 0 Å². The lowest BCUT2D eigenvalue weighted by Gasteiger charge is -2.11. The van der Waals surface area contributed by atoms with Crippen molar-refractivity contribution in [2.45, 2.75) is 25.8 Å². The van der Waals surface area contributed by atoms with Gasteiger partial charge in [-0.1, -0.05) is 11.3 Å². The molecule has 3 rings (SSSR count). The smallest absolute Gasteiger partial charge is 0.240 e. The Labute approximate surface area is 121 Å². The lowest BCUT2D eigenvalue weighted by atomic mass is 10.2. The first-order valence-corrected chi connectivity index (χ1v) is 7.67. The third kappa shape index (κ3) is 2.62. The van der Waals surface area contributed by atoms with E-state index in [9.17, 15) is 4.79 Å². The number of nitrogens with two attached hydrogens (primary N) is 1. The molecule has 1 aliphatic rings. The molecule has 1 atom stereocenters. The Morgan fingerprint density at radius 1 is 1.45 bits per heavy atom. The molecule has 0 bridgehead atoms. The van der Waals surface area contributed by atoms with Gasteiger partial charge in [-0.25, -0.2) is 4.98 Å². The van der Waals surface area contributed by atoms with Crippen LogP contribution in [0.4, 0.5) is 10.8 Å². The van der Waals surface area contributed by atoms with Crippen molar-refractivity contribution in [1.82, 2.24) is 4.98 Å². The van der Waals surface area contributed by atoms with Crippen LogP contribution >= 0.6 is 11.3 Å². The quantitative estimate of drug-likeness (QED) is 0.909. The number of anilines is 2. The van der Waals surface area contributed by atoms with Gasteiger partial charge in [0.15, 0.2) is 5.13 Å². The fraction of sp³-hybridized carbons (Fsp3) is 0.429. The molecule has 2 aromatic rings. The number of nitrogens with zero attached hydrogens (tertiary/aromatic N) is 2. The van der Waals surface area contributed by atoms with E-state index in [2.05, 4.69) is 15.2 Å². The fourth-order valence-electron chi connectivity index (χ4n) is 2.29. The Kier molecular flexibility index (Phi) is 3.58. The number of amides is 1. The molecule has 0 aliphatic carbocycles. The first-order valence-electron chi connectivity index (χ1n) is 6.85. The first-order chi connectivity index (χ1) is 9.63. The first kappa shape index (κ1) is 13.3. The second-order valence-corrected chi connectivity index (χ2v) is 6.16. The summed E-state index contributed by atoms with van der Waals surface area (Å²) in [4.78, 5) is 18.6. The van der Waals surface area contributed by atoms with Crippen LogP contribution in [0.1, 0.15) is 19.8 Å². The normalized spacial score (nSPS) is 16.6. The van der Waals surface area contributed by atoms with Crippen LogP contribution in [0.25, 0.3) is 10.2 Å². The minimum atomic E-state index is -0.507. The topological polar surface area (TPSA) is 71.2 Å². The second-order valence-electron chi connectivity index (χ2n) is 5.15. The van der Waals surface area contributed by atoms with Crippen LogP contribution in [-0.2, 0) is 4.79 Å².